The molecule has 0 saturated heterocycles. The Morgan fingerprint density at radius 1 is 1.78 bits per heavy atom. The highest BCUT2D eigenvalue weighted by molar-refractivity contribution is 5.71. The molecule has 0 aliphatic carbocycles. The fourth-order valence-corrected chi connectivity index (χ4v) is 0.355. The summed E-state index contributed by atoms with van der Waals surface area (Å²) in [5.74, 6) is -0.275. The second-order valence-electron chi connectivity index (χ2n) is 1.43. The van der Waals surface area contributed by atoms with E-state index in [1.54, 1.807) is 12.2 Å². The van der Waals surface area contributed by atoms with Crippen molar-refractivity contribution in [2.75, 3.05) is 0 Å². The van der Waals surface area contributed by atoms with Gasteiger partial charge in [0.25, 0.3) is 0 Å². The maximum atomic E-state index is 10.5. The van der Waals surface area contributed by atoms with E-state index >= 15 is 0 Å². The Balaban J connectivity index is 3.38. The molecule has 0 rings (SSSR count). The topological polar surface area (TPSA) is 26.3 Å². The van der Waals surface area contributed by atoms with E-state index in [9.17, 15) is 4.79 Å². The molecule has 0 radical (unpaired) electrons. The lowest BCUT2D eigenvalue weighted by molar-refractivity contribution is -0.136. The van der Waals surface area contributed by atoms with Gasteiger partial charge in [0.05, 0.1) is 12.7 Å². The highest BCUT2D eigenvalue weighted by atomic mass is 16.5. The van der Waals surface area contributed by atoms with E-state index in [0.29, 0.717) is 6.42 Å². The van der Waals surface area contributed by atoms with Gasteiger partial charge in [0.15, 0.2) is 0 Å². The van der Waals surface area contributed by atoms with E-state index < -0.39 is 0 Å². The van der Waals surface area contributed by atoms with Crippen molar-refractivity contribution in [1.29, 1.82) is 0 Å². The van der Waals surface area contributed by atoms with Crippen molar-refractivity contribution in [2.24, 2.45) is 0 Å². The van der Waals surface area contributed by atoms with Gasteiger partial charge in [0, 0.05) is 0 Å². The number of rotatable bonds is 3. The summed E-state index contributed by atoms with van der Waals surface area (Å²) in [6.45, 7) is 5.09. The van der Waals surface area contributed by atoms with Crippen LogP contribution in [0.5, 0.6) is 0 Å². The van der Waals surface area contributed by atoms with E-state index in [-0.39, 0.29) is 5.97 Å². The Hall–Kier alpha value is -1.05. The van der Waals surface area contributed by atoms with Gasteiger partial charge in [0.2, 0.25) is 0 Å². The molecule has 0 bridgehead atoms. The van der Waals surface area contributed by atoms with Gasteiger partial charge >= 0.3 is 5.97 Å². The smallest absolute Gasteiger partial charge is 0.314 e. The Morgan fingerprint density at radius 3 is 2.89 bits per heavy atom. The first-order valence-corrected chi connectivity index (χ1v) is 2.72. The largest absolute Gasteiger partial charge is 0.435 e. The zero-order chi connectivity index (χ0) is 7.11. The molecule has 0 aromatic carbocycles. The molecular formula is C7H10O2. The minimum absolute atomic E-state index is 0.275. The number of hydrogen-bond donors (Lipinski definition) is 0. The molecule has 50 valence electrons. The first-order valence-electron chi connectivity index (χ1n) is 2.72. The Kier molecular flexibility index (Phi) is 4.50. The minimum atomic E-state index is -0.275. The van der Waals surface area contributed by atoms with Gasteiger partial charge < -0.3 is 4.74 Å². The van der Waals surface area contributed by atoms with Crippen molar-refractivity contribution in [3.63, 3.8) is 0 Å². The predicted molar refractivity (Wildman–Crippen MR) is 35.7 cm³/mol. The van der Waals surface area contributed by atoms with Crippen LogP contribution in [0.1, 0.15) is 13.3 Å². The summed E-state index contributed by atoms with van der Waals surface area (Å²) in [6.07, 6.45) is 4.98. The van der Waals surface area contributed by atoms with Gasteiger partial charge in [-0.3, -0.25) is 4.79 Å². The number of hydrogen-bond acceptors (Lipinski definition) is 2. The van der Waals surface area contributed by atoms with Crippen LogP contribution in [0.2, 0.25) is 0 Å². The lowest BCUT2D eigenvalue weighted by Gasteiger charge is -1.90. The number of allylic oxidation sites excluding steroid dienone is 1. The van der Waals surface area contributed by atoms with E-state index in [1.165, 1.54) is 0 Å². The summed E-state index contributed by atoms with van der Waals surface area (Å²) in [5, 5.41) is 0. The lowest BCUT2D eigenvalue weighted by Crippen LogP contribution is -1.95. The van der Waals surface area contributed by atoms with Crippen LogP contribution in [-0.2, 0) is 9.53 Å². The molecule has 0 atom stereocenters. The quantitative estimate of drug-likeness (QED) is 0.326. The number of carbonyl (C=O) groups is 1. The monoisotopic (exact) mass is 126 g/mol. The number of esters is 1. The molecule has 0 spiro atoms. The summed E-state index contributed by atoms with van der Waals surface area (Å²) in [5.41, 5.74) is 0. The Bertz CT molecular complexity index is 125. The van der Waals surface area contributed by atoms with Gasteiger partial charge in [-0.1, -0.05) is 18.7 Å². The Labute approximate surface area is 54.8 Å². The zero-order valence-electron chi connectivity index (χ0n) is 5.46. The third-order valence-corrected chi connectivity index (χ3v) is 0.735. The summed E-state index contributed by atoms with van der Waals surface area (Å²) >= 11 is 0. The molecule has 0 aromatic rings. The Morgan fingerprint density at radius 2 is 2.44 bits per heavy atom. The van der Waals surface area contributed by atoms with Gasteiger partial charge in [-0.15, -0.1) is 0 Å². The van der Waals surface area contributed by atoms with Crippen LogP contribution in [0.4, 0.5) is 0 Å². The lowest BCUT2D eigenvalue weighted by atomic mass is 10.4. The molecule has 0 saturated carbocycles. The van der Waals surface area contributed by atoms with Crippen LogP contribution < -0.4 is 0 Å². The summed E-state index contributed by atoms with van der Waals surface area (Å²) < 4.78 is 4.42. The molecule has 2 nitrogen and oxygen atoms in total. The van der Waals surface area contributed by atoms with Crippen molar-refractivity contribution >= 4 is 5.97 Å². The van der Waals surface area contributed by atoms with E-state index in [2.05, 4.69) is 11.3 Å². The maximum Gasteiger partial charge on any atom is 0.314 e. The molecule has 0 aliphatic rings. The van der Waals surface area contributed by atoms with Gasteiger partial charge in [-0.2, -0.15) is 0 Å². The van der Waals surface area contributed by atoms with Crippen LogP contribution in [0.15, 0.2) is 25.0 Å². The maximum absolute atomic E-state index is 10.5. The van der Waals surface area contributed by atoms with Gasteiger partial charge in [-0.25, -0.2) is 0 Å². The number of ether oxygens (including phenoxy) is 1. The fourth-order valence-electron chi connectivity index (χ4n) is 0.355. The molecule has 0 fully saturated rings. The van der Waals surface area contributed by atoms with E-state index in [1.807, 2.05) is 6.92 Å². The summed E-state index contributed by atoms with van der Waals surface area (Å²) in [6, 6.07) is 0. The summed E-state index contributed by atoms with van der Waals surface area (Å²) in [4.78, 5) is 10.5. The van der Waals surface area contributed by atoms with Crippen molar-refractivity contribution in [1.82, 2.24) is 0 Å². The molecule has 2 heteroatoms. The first kappa shape index (κ1) is 7.95. The SMILES string of the molecule is C=COC(=O)C/C=C/C. The van der Waals surface area contributed by atoms with Gasteiger partial charge in [-0.05, 0) is 6.92 Å². The van der Waals surface area contributed by atoms with Crippen molar-refractivity contribution in [2.45, 2.75) is 13.3 Å². The van der Waals surface area contributed by atoms with Crippen molar-refractivity contribution in [3.05, 3.63) is 25.0 Å². The van der Waals surface area contributed by atoms with Gasteiger partial charge in [0.1, 0.15) is 0 Å². The molecule has 0 heterocycles. The van der Waals surface area contributed by atoms with Crippen LogP contribution >= 0.6 is 0 Å². The van der Waals surface area contributed by atoms with Crippen molar-refractivity contribution in [3.8, 4) is 0 Å². The average Bonchev–Trinajstić information content (AvgIpc) is 1.85. The van der Waals surface area contributed by atoms with Crippen LogP contribution in [0, 0.1) is 0 Å². The second-order valence-corrected chi connectivity index (χ2v) is 1.43. The molecule has 0 aromatic heterocycles. The normalized spacial score (nSPS) is 9.44. The molecule has 0 amide bonds. The molecule has 0 N–H and O–H groups in total. The van der Waals surface area contributed by atoms with Crippen LogP contribution in [0.3, 0.4) is 0 Å². The highest BCUT2D eigenvalue weighted by Crippen LogP contribution is 1.87. The number of carbonyl (C=O) groups excluding carboxylic acids is 1. The second kappa shape index (κ2) is 5.09. The van der Waals surface area contributed by atoms with E-state index in [0.717, 1.165) is 6.26 Å². The third kappa shape index (κ3) is 4.81. The molecule has 0 unspecified atom stereocenters. The molecule has 9 heavy (non-hydrogen) atoms. The molecule has 0 aliphatic heterocycles. The summed E-state index contributed by atoms with van der Waals surface area (Å²) in [7, 11) is 0. The third-order valence-electron chi connectivity index (χ3n) is 0.735. The highest BCUT2D eigenvalue weighted by Gasteiger charge is 1.92. The average molecular weight is 126 g/mol. The zero-order valence-corrected chi connectivity index (χ0v) is 5.46. The van der Waals surface area contributed by atoms with Crippen LogP contribution in [0.25, 0.3) is 0 Å². The van der Waals surface area contributed by atoms with Crippen LogP contribution in [-0.4, -0.2) is 5.97 Å². The standard InChI is InChI=1S/C7H10O2/c1-3-5-6-7(8)9-4-2/h3-5H,2,6H2,1H3/b5-3+. The van der Waals surface area contributed by atoms with Crippen molar-refractivity contribution < 1.29 is 9.53 Å². The first-order chi connectivity index (χ1) is 4.31. The fraction of sp³-hybridized carbons (Fsp3) is 0.286. The van der Waals surface area contributed by atoms with E-state index in [4.69, 9.17) is 0 Å². The molecular weight excluding hydrogens is 116 g/mol. The predicted octanol–water partition coefficient (Wildman–Crippen LogP) is 1.64. The minimum Gasteiger partial charge on any atom is -0.435 e.